The standard InChI is InChI=1S/C14H19Br2NO3/c1-10(8-18)3-2-6-17-14(19)9-20-13-5-4-11(15)7-12(13)16/h4-5,7,10,18H,2-3,6,8-9H2,1H3,(H,17,19). The first kappa shape index (κ1) is 17.5. The fourth-order valence-electron chi connectivity index (χ4n) is 1.56. The topological polar surface area (TPSA) is 58.6 Å². The second-order valence-corrected chi connectivity index (χ2v) is 6.41. The van der Waals surface area contributed by atoms with Gasteiger partial charge in [0, 0.05) is 17.6 Å². The Kier molecular flexibility index (Phi) is 8.18. The Hall–Kier alpha value is -0.590. The van der Waals surface area contributed by atoms with Gasteiger partial charge in [0.25, 0.3) is 5.91 Å². The van der Waals surface area contributed by atoms with Crippen LogP contribution in [0.4, 0.5) is 0 Å². The lowest BCUT2D eigenvalue weighted by Crippen LogP contribution is -2.30. The van der Waals surface area contributed by atoms with Crippen LogP contribution >= 0.6 is 31.9 Å². The number of rotatable bonds is 8. The number of carbonyl (C=O) groups is 1. The first-order valence-electron chi connectivity index (χ1n) is 6.48. The monoisotopic (exact) mass is 407 g/mol. The number of ether oxygens (including phenoxy) is 1. The van der Waals surface area contributed by atoms with Crippen molar-refractivity contribution in [1.29, 1.82) is 0 Å². The molecule has 0 heterocycles. The first-order valence-corrected chi connectivity index (χ1v) is 8.07. The van der Waals surface area contributed by atoms with Gasteiger partial charge in [0.15, 0.2) is 6.61 Å². The first-order chi connectivity index (χ1) is 9.52. The normalized spacial score (nSPS) is 12.0. The van der Waals surface area contributed by atoms with Gasteiger partial charge < -0.3 is 15.2 Å². The van der Waals surface area contributed by atoms with Crippen molar-refractivity contribution in [2.24, 2.45) is 5.92 Å². The Morgan fingerprint density at radius 1 is 1.45 bits per heavy atom. The molecule has 112 valence electrons. The van der Waals surface area contributed by atoms with E-state index in [1.807, 2.05) is 19.1 Å². The molecule has 0 saturated carbocycles. The summed E-state index contributed by atoms with van der Waals surface area (Å²) in [6.45, 7) is 2.77. The molecule has 1 unspecified atom stereocenters. The summed E-state index contributed by atoms with van der Waals surface area (Å²) < 4.78 is 7.18. The van der Waals surface area contributed by atoms with Gasteiger partial charge >= 0.3 is 0 Å². The zero-order valence-electron chi connectivity index (χ0n) is 11.4. The Labute approximate surface area is 136 Å². The van der Waals surface area contributed by atoms with E-state index in [1.165, 1.54) is 0 Å². The highest BCUT2D eigenvalue weighted by atomic mass is 79.9. The maximum atomic E-state index is 11.6. The van der Waals surface area contributed by atoms with Crippen LogP contribution in [0.15, 0.2) is 27.1 Å². The third kappa shape index (κ3) is 6.72. The van der Waals surface area contributed by atoms with Crippen LogP contribution < -0.4 is 10.1 Å². The fourth-order valence-corrected chi connectivity index (χ4v) is 2.72. The summed E-state index contributed by atoms with van der Waals surface area (Å²) in [7, 11) is 0. The Morgan fingerprint density at radius 3 is 2.85 bits per heavy atom. The fraction of sp³-hybridized carbons (Fsp3) is 0.500. The highest BCUT2D eigenvalue weighted by Crippen LogP contribution is 2.27. The predicted octanol–water partition coefficient (Wildman–Crippen LogP) is 3.12. The van der Waals surface area contributed by atoms with Crippen molar-refractivity contribution in [3.05, 3.63) is 27.1 Å². The van der Waals surface area contributed by atoms with Crippen molar-refractivity contribution < 1.29 is 14.6 Å². The largest absolute Gasteiger partial charge is 0.483 e. The second-order valence-electron chi connectivity index (χ2n) is 4.64. The third-order valence-electron chi connectivity index (χ3n) is 2.76. The Bertz CT molecular complexity index is 440. The van der Waals surface area contributed by atoms with Crippen molar-refractivity contribution >= 4 is 37.8 Å². The molecule has 0 radical (unpaired) electrons. The van der Waals surface area contributed by atoms with Gasteiger partial charge in [-0.3, -0.25) is 4.79 Å². The minimum Gasteiger partial charge on any atom is -0.483 e. The molecule has 1 aromatic rings. The number of benzene rings is 1. The van der Waals surface area contributed by atoms with Gasteiger partial charge in [-0.1, -0.05) is 22.9 Å². The molecule has 1 atom stereocenters. The van der Waals surface area contributed by atoms with Crippen molar-refractivity contribution in [2.45, 2.75) is 19.8 Å². The minimum atomic E-state index is -0.142. The molecule has 2 N–H and O–H groups in total. The zero-order valence-corrected chi connectivity index (χ0v) is 14.5. The Balaban J connectivity index is 2.23. The molecule has 6 heteroatoms. The number of hydrogen-bond acceptors (Lipinski definition) is 3. The molecule has 0 saturated heterocycles. The summed E-state index contributed by atoms with van der Waals surface area (Å²) in [5, 5.41) is 11.7. The number of aliphatic hydroxyl groups is 1. The van der Waals surface area contributed by atoms with Crippen LogP contribution in [0.1, 0.15) is 19.8 Å². The average molecular weight is 409 g/mol. The van der Waals surface area contributed by atoms with E-state index in [-0.39, 0.29) is 25.0 Å². The quantitative estimate of drug-likeness (QED) is 0.649. The molecule has 0 aliphatic rings. The number of amides is 1. The maximum Gasteiger partial charge on any atom is 0.257 e. The van der Waals surface area contributed by atoms with Crippen LogP contribution in [0.3, 0.4) is 0 Å². The number of carbonyl (C=O) groups excluding carboxylic acids is 1. The van der Waals surface area contributed by atoms with E-state index in [0.717, 1.165) is 21.8 Å². The molecule has 1 aromatic carbocycles. The van der Waals surface area contributed by atoms with Gasteiger partial charge in [-0.25, -0.2) is 0 Å². The molecule has 0 aliphatic heterocycles. The average Bonchev–Trinajstić information content (AvgIpc) is 2.42. The molecule has 0 spiro atoms. The van der Waals surface area contributed by atoms with Crippen molar-refractivity contribution in [1.82, 2.24) is 5.32 Å². The lowest BCUT2D eigenvalue weighted by atomic mass is 10.1. The van der Waals surface area contributed by atoms with Gasteiger partial charge in [0.2, 0.25) is 0 Å². The van der Waals surface area contributed by atoms with Crippen molar-refractivity contribution in [3.8, 4) is 5.75 Å². The number of nitrogens with one attached hydrogen (secondary N) is 1. The van der Waals surface area contributed by atoms with Gasteiger partial charge in [0.05, 0.1) is 4.47 Å². The molecule has 0 bridgehead atoms. The summed E-state index contributed by atoms with van der Waals surface area (Å²) in [5.74, 6) is 0.774. The minimum absolute atomic E-state index is 0.00418. The van der Waals surface area contributed by atoms with Crippen LogP contribution in [0.5, 0.6) is 5.75 Å². The lowest BCUT2D eigenvalue weighted by molar-refractivity contribution is -0.123. The van der Waals surface area contributed by atoms with E-state index in [0.29, 0.717) is 12.3 Å². The predicted molar refractivity (Wildman–Crippen MR) is 85.8 cm³/mol. The van der Waals surface area contributed by atoms with Crippen LogP contribution in [-0.4, -0.2) is 30.8 Å². The molecule has 1 amide bonds. The number of hydrogen-bond donors (Lipinski definition) is 2. The van der Waals surface area contributed by atoms with Crippen LogP contribution in [-0.2, 0) is 4.79 Å². The van der Waals surface area contributed by atoms with Crippen LogP contribution in [0, 0.1) is 5.92 Å². The van der Waals surface area contributed by atoms with Crippen LogP contribution in [0.2, 0.25) is 0 Å². The number of aliphatic hydroxyl groups excluding tert-OH is 1. The van der Waals surface area contributed by atoms with Gasteiger partial charge in [-0.2, -0.15) is 0 Å². The van der Waals surface area contributed by atoms with Crippen LogP contribution in [0.25, 0.3) is 0 Å². The second kappa shape index (κ2) is 9.37. The van der Waals surface area contributed by atoms with Crippen molar-refractivity contribution in [2.75, 3.05) is 19.8 Å². The van der Waals surface area contributed by atoms with E-state index < -0.39 is 0 Å². The zero-order chi connectivity index (χ0) is 15.0. The number of halogens is 2. The molecule has 1 rings (SSSR count). The molecule has 0 aromatic heterocycles. The summed E-state index contributed by atoms with van der Waals surface area (Å²) >= 11 is 6.73. The van der Waals surface area contributed by atoms with E-state index in [9.17, 15) is 4.79 Å². The molecule has 4 nitrogen and oxygen atoms in total. The lowest BCUT2D eigenvalue weighted by Gasteiger charge is -2.10. The van der Waals surface area contributed by atoms with E-state index in [2.05, 4.69) is 37.2 Å². The molecule has 0 aliphatic carbocycles. The highest BCUT2D eigenvalue weighted by molar-refractivity contribution is 9.11. The van der Waals surface area contributed by atoms with Gasteiger partial charge in [0.1, 0.15) is 5.75 Å². The SMILES string of the molecule is CC(CO)CCCNC(=O)COc1ccc(Br)cc1Br. The smallest absolute Gasteiger partial charge is 0.257 e. The maximum absolute atomic E-state index is 11.6. The summed E-state index contributed by atoms with van der Waals surface area (Å²) in [6, 6.07) is 5.52. The van der Waals surface area contributed by atoms with Gasteiger partial charge in [-0.05, 0) is 52.9 Å². The summed E-state index contributed by atoms with van der Waals surface area (Å²) in [5.41, 5.74) is 0. The van der Waals surface area contributed by atoms with E-state index in [1.54, 1.807) is 6.07 Å². The third-order valence-corrected chi connectivity index (χ3v) is 3.87. The molecule has 0 fully saturated rings. The van der Waals surface area contributed by atoms with Gasteiger partial charge in [-0.15, -0.1) is 0 Å². The molecular weight excluding hydrogens is 390 g/mol. The summed E-state index contributed by atoms with van der Waals surface area (Å²) in [4.78, 5) is 11.6. The van der Waals surface area contributed by atoms with E-state index >= 15 is 0 Å². The molecule has 20 heavy (non-hydrogen) atoms. The van der Waals surface area contributed by atoms with E-state index in [4.69, 9.17) is 9.84 Å². The highest BCUT2D eigenvalue weighted by Gasteiger charge is 2.06. The molecular formula is C14H19Br2NO3. The summed E-state index contributed by atoms with van der Waals surface area (Å²) in [6.07, 6.45) is 1.76. The van der Waals surface area contributed by atoms with Crippen molar-refractivity contribution in [3.63, 3.8) is 0 Å². The Morgan fingerprint density at radius 2 is 2.20 bits per heavy atom.